The first kappa shape index (κ1) is 20.1. The van der Waals surface area contributed by atoms with Gasteiger partial charge in [0.15, 0.2) is 0 Å². The Morgan fingerprint density at radius 2 is 1.23 bits per heavy atom. The first-order chi connectivity index (χ1) is 14.9. The Kier molecular flexibility index (Phi) is 4.79. The fourth-order valence-electron chi connectivity index (χ4n) is 4.65. The minimum absolute atomic E-state index is 0.357. The SMILES string of the molecule is COC(=O)c1cc2sc(C)c(C3=C(c4c(C)sc5cc(C(=O)OC)[nH]c45)CCC3)c2[nH]1. The number of aryl methyl sites for hydroxylation is 2. The van der Waals surface area contributed by atoms with Crippen LogP contribution < -0.4 is 0 Å². The summed E-state index contributed by atoms with van der Waals surface area (Å²) in [6.45, 7) is 4.27. The van der Waals surface area contributed by atoms with Crippen molar-refractivity contribution in [2.24, 2.45) is 0 Å². The van der Waals surface area contributed by atoms with Gasteiger partial charge < -0.3 is 19.4 Å². The predicted molar refractivity (Wildman–Crippen MR) is 125 cm³/mol. The number of allylic oxidation sites excluding steroid dienone is 2. The number of methoxy groups -OCH3 is 2. The van der Waals surface area contributed by atoms with Crippen molar-refractivity contribution in [3.63, 3.8) is 0 Å². The van der Waals surface area contributed by atoms with Crippen molar-refractivity contribution in [3.05, 3.63) is 44.4 Å². The third kappa shape index (κ3) is 3.04. The van der Waals surface area contributed by atoms with Crippen LogP contribution in [0.1, 0.15) is 61.1 Å². The van der Waals surface area contributed by atoms with Gasteiger partial charge in [0.25, 0.3) is 0 Å². The number of hydrogen-bond donors (Lipinski definition) is 2. The Morgan fingerprint density at radius 3 is 1.61 bits per heavy atom. The van der Waals surface area contributed by atoms with Crippen LogP contribution in [-0.4, -0.2) is 36.1 Å². The van der Waals surface area contributed by atoms with Crippen LogP contribution in [-0.2, 0) is 9.47 Å². The summed E-state index contributed by atoms with van der Waals surface area (Å²) < 4.78 is 11.9. The topological polar surface area (TPSA) is 84.2 Å². The summed E-state index contributed by atoms with van der Waals surface area (Å²) in [5, 5.41) is 0. The van der Waals surface area contributed by atoms with Gasteiger partial charge in [-0.1, -0.05) is 0 Å². The van der Waals surface area contributed by atoms with Gasteiger partial charge in [-0.2, -0.15) is 0 Å². The summed E-state index contributed by atoms with van der Waals surface area (Å²) in [4.78, 5) is 33.1. The molecule has 31 heavy (non-hydrogen) atoms. The fraction of sp³-hybridized carbons (Fsp3) is 0.304. The van der Waals surface area contributed by atoms with Gasteiger partial charge in [-0.15, -0.1) is 22.7 Å². The number of fused-ring (bicyclic) bond motifs is 2. The molecule has 4 heterocycles. The predicted octanol–water partition coefficient (Wildman–Crippen LogP) is 6.06. The molecule has 160 valence electrons. The molecule has 1 aliphatic carbocycles. The van der Waals surface area contributed by atoms with E-state index in [2.05, 4.69) is 23.8 Å². The molecule has 0 aromatic carbocycles. The third-order valence-corrected chi connectivity index (χ3v) is 8.03. The average Bonchev–Trinajstić information content (AvgIpc) is 3.53. The van der Waals surface area contributed by atoms with Gasteiger partial charge in [-0.3, -0.25) is 0 Å². The number of nitrogens with one attached hydrogen (secondary N) is 2. The quantitative estimate of drug-likeness (QED) is 0.367. The fourth-order valence-corrected chi connectivity index (χ4v) is 6.83. The summed E-state index contributed by atoms with van der Waals surface area (Å²) >= 11 is 3.39. The Morgan fingerprint density at radius 1 is 0.806 bits per heavy atom. The Hall–Kier alpha value is -2.84. The lowest BCUT2D eigenvalue weighted by Crippen LogP contribution is -2.01. The molecule has 4 aromatic rings. The van der Waals surface area contributed by atoms with E-state index in [4.69, 9.17) is 9.47 Å². The van der Waals surface area contributed by atoms with E-state index in [0.29, 0.717) is 11.4 Å². The van der Waals surface area contributed by atoms with Crippen molar-refractivity contribution in [1.29, 1.82) is 0 Å². The van der Waals surface area contributed by atoms with Gasteiger partial charge in [0.05, 0.1) is 34.7 Å². The zero-order valence-electron chi connectivity index (χ0n) is 17.7. The number of hydrogen-bond acceptors (Lipinski definition) is 6. The molecule has 6 nitrogen and oxygen atoms in total. The number of esters is 2. The number of carbonyl (C=O) groups is 2. The molecule has 0 saturated heterocycles. The summed E-state index contributed by atoms with van der Waals surface area (Å²) in [7, 11) is 2.79. The molecular weight excluding hydrogens is 432 g/mol. The molecule has 0 fully saturated rings. The van der Waals surface area contributed by atoms with E-state index in [1.165, 1.54) is 46.2 Å². The summed E-state index contributed by atoms with van der Waals surface area (Å²) in [5.74, 6) is -0.713. The van der Waals surface area contributed by atoms with Crippen LogP contribution in [0.4, 0.5) is 0 Å². The lowest BCUT2D eigenvalue weighted by atomic mass is 9.96. The zero-order chi connectivity index (χ0) is 21.9. The molecule has 0 atom stereocenters. The summed E-state index contributed by atoms with van der Waals surface area (Å²) in [6.07, 6.45) is 3.04. The molecular formula is C23H22N2O4S2. The minimum Gasteiger partial charge on any atom is -0.464 e. The molecule has 8 heteroatoms. The molecule has 5 rings (SSSR count). The molecule has 2 N–H and O–H groups in total. The normalized spacial score (nSPS) is 14.2. The number of rotatable bonds is 4. The van der Waals surface area contributed by atoms with Crippen LogP contribution in [0.2, 0.25) is 0 Å². The van der Waals surface area contributed by atoms with Crippen molar-refractivity contribution < 1.29 is 19.1 Å². The number of ether oxygens (including phenoxy) is 2. The van der Waals surface area contributed by atoms with E-state index in [1.807, 2.05) is 12.1 Å². The van der Waals surface area contributed by atoms with Gasteiger partial charge in [0.1, 0.15) is 11.4 Å². The minimum atomic E-state index is -0.357. The van der Waals surface area contributed by atoms with Gasteiger partial charge in [0, 0.05) is 20.9 Å². The van der Waals surface area contributed by atoms with Crippen LogP contribution >= 0.6 is 22.7 Å². The maximum atomic E-state index is 12.0. The molecule has 0 radical (unpaired) electrons. The van der Waals surface area contributed by atoms with E-state index in [1.54, 1.807) is 22.7 Å². The maximum Gasteiger partial charge on any atom is 0.354 e. The van der Waals surface area contributed by atoms with E-state index in [0.717, 1.165) is 39.7 Å². The van der Waals surface area contributed by atoms with Crippen molar-refractivity contribution in [3.8, 4) is 0 Å². The molecule has 4 aromatic heterocycles. The Bertz CT molecular complexity index is 1290. The zero-order valence-corrected chi connectivity index (χ0v) is 19.4. The highest BCUT2D eigenvalue weighted by Crippen LogP contribution is 2.49. The largest absolute Gasteiger partial charge is 0.464 e. The first-order valence-corrected chi connectivity index (χ1v) is 11.7. The lowest BCUT2D eigenvalue weighted by molar-refractivity contribution is 0.0586. The van der Waals surface area contributed by atoms with E-state index in [-0.39, 0.29) is 11.9 Å². The average molecular weight is 455 g/mol. The standard InChI is InChI=1S/C23H22N2O4S2/c1-10-18(20-16(30-10)8-14(24-20)22(26)28-3)12-6-5-7-13(12)19-11(2)31-17-9-15(23(27)29-4)25-21(17)19/h8-9,24-25H,5-7H2,1-4H3. The van der Waals surface area contributed by atoms with Crippen molar-refractivity contribution in [2.75, 3.05) is 14.2 Å². The van der Waals surface area contributed by atoms with Crippen molar-refractivity contribution in [2.45, 2.75) is 33.1 Å². The van der Waals surface area contributed by atoms with Gasteiger partial charge >= 0.3 is 11.9 Å². The number of H-pyrrole nitrogens is 2. The van der Waals surface area contributed by atoms with Gasteiger partial charge in [-0.25, -0.2) is 9.59 Å². The second-order valence-electron chi connectivity index (χ2n) is 7.70. The number of carbonyl (C=O) groups excluding carboxylic acids is 2. The number of aromatic amines is 2. The van der Waals surface area contributed by atoms with E-state index >= 15 is 0 Å². The second kappa shape index (κ2) is 7.39. The molecule has 0 unspecified atom stereocenters. The van der Waals surface area contributed by atoms with Gasteiger partial charge in [0.2, 0.25) is 0 Å². The van der Waals surface area contributed by atoms with Crippen LogP contribution in [0.15, 0.2) is 12.1 Å². The first-order valence-electron chi connectivity index (χ1n) is 10.1. The van der Waals surface area contributed by atoms with Crippen LogP contribution in [0.3, 0.4) is 0 Å². The highest BCUT2D eigenvalue weighted by Gasteiger charge is 2.27. The third-order valence-electron chi connectivity index (χ3n) is 5.93. The van der Waals surface area contributed by atoms with Crippen LogP contribution in [0, 0.1) is 13.8 Å². The monoisotopic (exact) mass is 454 g/mol. The van der Waals surface area contributed by atoms with E-state index < -0.39 is 0 Å². The van der Waals surface area contributed by atoms with Crippen LogP contribution in [0.25, 0.3) is 31.6 Å². The van der Waals surface area contributed by atoms with Gasteiger partial charge in [-0.05, 0) is 56.4 Å². The highest BCUT2D eigenvalue weighted by molar-refractivity contribution is 7.19. The summed E-state index contributed by atoms with van der Waals surface area (Å²) in [6, 6.07) is 3.75. The molecule has 0 amide bonds. The second-order valence-corrected chi connectivity index (χ2v) is 10.2. The van der Waals surface area contributed by atoms with E-state index in [9.17, 15) is 9.59 Å². The van der Waals surface area contributed by atoms with Crippen LogP contribution in [0.5, 0.6) is 0 Å². The molecule has 0 saturated carbocycles. The molecule has 1 aliphatic rings. The number of aromatic nitrogens is 2. The maximum absolute atomic E-state index is 12.0. The Balaban J connectivity index is 1.71. The number of thiophene rings is 2. The molecule has 0 bridgehead atoms. The highest BCUT2D eigenvalue weighted by atomic mass is 32.1. The smallest absolute Gasteiger partial charge is 0.354 e. The van der Waals surface area contributed by atoms with Crippen molar-refractivity contribution >= 4 is 66.2 Å². The van der Waals surface area contributed by atoms with Crippen molar-refractivity contribution in [1.82, 2.24) is 9.97 Å². The lowest BCUT2D eigenvalue weighted by Gasteiger charge is -2.09. The molecule has 0 spiro atoms. The Labute approximate surface area is 186 Å². The molecule has 0 aliphatic heterocycles. The summed E-state index contributed by atoms with van der Waals surface area (Å²) in [5.41, 5.74) is 7.99.